The van der Waals surface area contributed by atoms with Crippen molar-refractivity contribution in [3.05, 3.63) is 54.1 Å². The Morgan fingerprint density at radius 2 is 1.81 bits per heavy atom. The molecule has 0 fully saturated rings. The van der Waals surface area contributed by atoms with Gasteiger partial charge in [-0.3, -0.25) is 9.69 Å². The first-order valence-corrected chi connectivity index (χ1v) is 9.09. The Balaban J connectivity index is 1.81. The maximum atomic E-state index is 12.3. The van der Waals surface area contributed by atoms with E-state index in [1.54, 1.807) is 24.3 Å². The van der Waals surface area contributed by atoms with Crippen LogP contribution in [0, 0.1) is 0 Å². The Morgan fingerprint density at radius 1 is 1.15 bits per heavy atom. The van der Waals surface area contributed by atoms with Crippen molar-refractivity contribution in [2.45, 2.75) is 24.1 Å². The average molecular weight is 380 g/mol. The fourth-order valence-corrected chi connectivity index (χ4v) is 2.89. The minimum Gasteiger partial charge on any atom is -0.494 e. The summed E-state index contributed by atoms with van der Waals surface area (Å²) in [6, 6.07) is 14.1. The molecule has 0 aliphatic heterocycles. The number of benzene rings is 2. The summed E-state index contributed by atoms with van der Waals surface area (Å²) in [4.78, 5) is 14.5. The molecule has 7 heteroatoms. The molecular weight excluding hydrogens is 358 g/mol. The molecule has 26 heavy (non-hydrogen) atoms. The summed E-state index contributed by atoms with van der Waals surface area (Å²) in [6.07, 6.45) is 0. The highest BCUT2D eigenvalue weighted by molar-refractivity contribution is 7.99. The Labute approximate surface area is 156 Å². The van der Waals surface area contributed by atoms with E-state index in [-0.39, 0.29) is 12.5 Å². The lowest BCUT2D eigenvalue weighted by Crippen LogP contribution is -2.29. The quantitative estimate of drug-likeness (QED) is 0.652. The summed E-state index contributed by atoms with van der Waals surface area (Å²) in [7, 11) is 1.86. The standard InChI is InChI=1S/C19H22F2N2O2S/c1-3-25-16-8-4-14(5-9-16)12-23(2)13-18(24)22-15-6-10-17(11-7-15)26-19(20)21/h4-11,19H,3,12-13H2,1-2H3,(H,22,24). The smallest absolute Gasteiger partial charge is 0.288 e. The van der Waals surface area contributed by atoms with Gasteiger partial charge < -0.3 is 10.1 Å². The minimum absolute atomic E-state index is 0.160. The van der Waals surface area contributed by atoms with Crippen molar-refractivity contribution in [2.24, 2.45) is 0 Å². The first kappa shape index (κ1) is 20.2. The second-order valence-corrected chi connectivity index (χ2v) is 6.76. The molecule has 0 aliphatic rings. The summed E-state index contributed by atoms with van der Waals surface area (Å²) in [5.74, 6) is -1.79. The number of carbonyl (C=O) groups is 1. The van der Waals surface area contributed by atoms with Crippen molar-refractivity contribution in [2.75, 3.05) is 25.5 Å². The molecule has 0 unspecified atom stereocenters. The second-order valence-electron chi connectivity index (χ2n) is 5.70. The predicted molar refractivity (Wildman–Crippen MR) is 101 cm³/mol. The zero-order chi connectivity index (χ0) is 18.9. The van der Waals surface area contributed by atoms with Crippen molar-refractivity contribution in [1.82, 2.24) is 4.90 Å². The van der Waals surface area contributed by atoms with Crippen molar-refractivity contribution in [3.63, 3.8) is 0 Å². The lowest BCUT2D eigenvalue weighted by atomic mass is 10.2. The van der Waals surface area contributed by atoms with Gasteiger partial charge in [-0.2, -0.15) is 8.78 Å². The fraction of sp³-hybridized carbons (Fsp3) is 0.316. The van der Waals surface area contributed by atoms with E-state index in [0.29, 0.717) is 35.5 Å². The van der Waals surface area contributed by atoms with Crippen molar-refractivity contribution in [1.29, 1.82) is 0 Å². The van der Waals surface area contributed by atoms with Crippen LogP contribution in [0.3, 0.4) is 0 Å². The average Bonchev–Trinajstić information content (AvgIpc) is 2.58. The Hall–Kier alpha value is -2.12. The number of carbonyl (C=O) groups excluding carboxylic acids is 1. The molecule has 0 saturated carbocycles. The van der Waals surface area contributed by atoms with Gasteiger partial charge in [-0.25, -0.2) is 0 Å². The number of ether oxygens (including phenoxy) is 1. The highest BCUT2D eigenvalue weighted by Gasteiger charge is 2.09. The number of hydrogen-bond acceptors (Lipinski definition) is 4. The van der Waals surface area contributed by atoms with E-state index in [0.717, 1.165) is 11.3 Å². The third kappa shape index (κ3) is 7.01. The number of hydrogen-bond donors (Lipinski definition) is 1. The normalized spacial score (nSPS) is 11.0. The number of thioether (sulfide) groups is 1. The van der Waals surface area contributed by atoms with Gasteiger partial charge in [0.1, 0.15) is 5.75 Å². The lowest BCUT2D eigenvalue weighted by molar-refractivity contribution is -0.117. The van der Waals surface area contributed by atoms with Gasteiger partial charge >= 0.3 is 0 Å². The van der Waals surface area contributed by atoms with Gasteiger partial charge in [0, 0.05) is 17.1 Å². The largest absolute Gasteiger partial charge is 0.494 e. The van der Waals surface area contributed by atoms with Crippen molar-refractivity contribution < 1.29 is 18.3 Å². The third-order valence-corrected chi connectivity index (χ3v) is 4.19. The van der Waals surface area contributed by atoms with Gasteiger partial charge in [0.05, 0.1) is 13.2 Å². The molecule has 2 aromatic rings. The number of halogens is 2. The van der Waals surface area contributed by atoms with Crippen LogP contribution in [0.2, 0.25) is 0 Å². The number of nitrogens with zero attached hydrogens (tertiary/aromatic N) is 1. The fourth-order valence-electron chi connectivity index (χ4n) is 2.39. The molecule has 2 rings (SSSR count). The monoisotopic (exact) mass is 380 g/mol. The van der Waals surface area contributed by atoms with Crippen LogP contribution in [0.25, 0.3) is 0 Å². The van der Waals surface area contributed by atoms with Crippen LogP contribution in [-0.4, -0.2) is 36.8 Å². The van der Waals surface area contributed by atoms with E-state index in [2.05, 4.69) is 5.32 Å². The van der Waals surface area contributed by atoms with Crippen LogP contribution >= 0.6 is 11.8 Å². The highest BCUT2D eigenvalue weighted by atomic mass is 32.2. The molecule has 0 bridgehead atoms. The Morgan fingerprint density at radius 3 is 2.38 bits per heavy atom. The number of rotatable bonds is 9. The molecule has 2 aromatic carbocycles. The van der Waals surface area contributed by atoms with E-state index in [9.17, 15) is 13.6 Å². The second kappa shape index (κ2) is 10.1. The van der Waals surface area contributed by atoms with Crippen molar-refractivity contribution >= 4 is 23.4 Å². The molecular formula is C19H22F2N2O2S. The maximum absolute atomic E-state index is 12.3. The number of amides is 1. The van der Waals surface area contributed by atoms with E-state index < -0.39 is 5.76 Å². The van der Waals surface area contributed by atoms with E-state index in [1.165, 1.54) is 0 Å². The highest BCUT2D eigenvalue weighted by Crippen LogP contribution is 2.26. The Bertz CT molecular complexity index is 694. The number of anilines is 1. The van der Waals surface area contributed by atoms with Gasteiger partial charge in [0.2, 0.25) is 5.91 Å². The Kier molecular flexibility index (Phi) is 7.87. The summed E-state index contributed by atoms with van der Waals surface area (Å²) in [5, 5.41) is 2.77. The van der Waals surface area contributed by atoms with Crippen LogP contribution in [0.4, 0.5) is 14.5 Å². The molecule has 1 amide bonds. The molecule has 0 aliphatic carbocycles. The molecule has 0 spiro atoms. The van der Waals surface area contributed by atoms with Crippen LogP contribution in [-0.2, 0) is 11.3 Å². The van der Waals surface area contributed by atoms with Gasteiger partial charge in [0.15, 0.2) is 0 Å². The van der Waals surface area contributed by atoms with Crippen LogP contribution in [0.15, 0.2) is 53.4 Å². The topological polar surface area (TPSA) is 41.6 Å². The van der Waals surface area contributed by atoms with Crippen molar-refractivity contribution in [3.8, 4) is 5.75 Å². The zero-order valence-corrected chi connectivity index (χ0v) is 15.6. The van der Waals surface area contributed by atoms with Crippen LogP contribution in [0.5, 0.6) is 5.75 Å². The van der Waals surface area contributed by atoms with E-state index >= 15 is 0 Å². The van der Waals surface area contributed by atoms with Crippen LogP contribution in [0.1, 0.15) is 12.5 Å². The molecule has 0 radical (unpaired) electrons. The SMILES string of the molecule is CCOc1ccc(CN(C)CC(=O)Nc2ccc(SC(F)F)cc2)cc1. The third-order valence-electron chi connectivity index (χ3n) is 3.46. The first-order chi connectivity index (χ1) is 12.5. The molecule has 0 saturated heterocycles. The van der Waals surface area contributed by atoms with E-state index in [1.807, 2.05) is 43.1 Å². The van der Waals surface area contributed by atoms with Crippen LogP contribution < -0.4 is 10.1 Å². The number of nitrogens with one attached hydrogen (secondary N) is 1. The maximum Gasteiger partial charge on any atom is 0.288 e. The van der Waals surface area contributed by atoms with E-state index in [4.69, 9.17) is 4.74 Å². The summed E-state index contributed by atoms with van der Waals surface area (Å²) in [5.41, 5.74) is 1.67. The van der Waals surface area contributed by atoms with Gasteiger partial charge in [-0.15, -0.1) is 0 Å². The minimum atomic E-state index is -2.45. The molecule has 1 N–H and O–H groups in total. The molecule has 0 atom stereocenters. The summed E-state index contributed by atoms with van der Waals surface area (Å²) in [6.45, 7) is 3.41. The first-order valence-electron chi connectivity index (χ1n) is 8.21. The molecule has 0 aromatic heterocycles. The zero-order valence-electron chi connectivity index (χ0n) is 14.7. The lowest BCUT2D eigenvalue weighted by Gasteiger charge is -2.17. The van der Waals surface area contributed by atoms with Gasteiger partial charge in [0.25, 0.3) is 5.76 Å². The number of alkyl halides is 2. The van der Waals surface area contributed by atoms with Gasteiger partial charge in [-0.05, 0) is 55.9 Å². The molecule has 4 nitrogen and oxygen atoms in total. The number of likely N-dealkylation sites (N-methyl/N-ethyl adjacent to an activating group) is 1. The predicted octanol–water partition coefficient (Wildman–Crippen LogP) is 4.47. The molecule has 0 heterocycles. The molecule has 140 valence electrons. The van der Waals surface area contributed by atoms with Gasteiger partial charge in [-0.1, -0.05) is 23.9 Å². The summed E-state index contributed by atoms with van der Waals surface area (Å²) < 4.78 is 30.0. The summed E-state index contributed by atoms with van der Waals surface area (Å²) >= 11 is 0.479.